The van der Waals surface area contributed by atoms with Crippen LogP contribution in [0.2, 0.25) is 0 Å². The first-order valence-corrected chi connectivity index (χ1v) is 6.27. The summed E-state index contributed by atoms with van der Waals surface area (Å²) < 4.78 is 4.99. The van der Waals surface area contributed by atoms with Gasteiger partial charge in [0.15, 0.2) is 0 Å². The highest BCUT2D eigenvalue weighted by atomic mass is 16.5. The van der Waals surface area contributed by atoms with E-state index in [-0.39, 0.29) is 12.0 Å². The maximum absolute atomic E-state index is 11.7. The molecule has 1 rings (SSSR count). The van der Waals surface area contributed by atoms with E-state index in [2.05, 4.69) is 0 Å². The van der Waals surface area contributed by atoms with Crippen molar-refractivity contribution in [3.63, 3.8) is 0 Å². The number of carboxylic acid groups (broad SMARTS) is 1. The van der Waals surface area contributed by atoms with Gasteiger partial charge in [-0.15, -0.1) is 0 Å². The predicted molar refractivity (Wildman–Crippen MR) is 62.7 cm³/mol. The molecule has 1 aliphatic rings. The minimum Gasteiger partial charge on any atom is -0.480 e. The average molecular weight is 243 g/mol. The number of ether oxygens (including phenoxy) is 1. The highest BCUT2D eigenvalue weighted by Gasteiger charge is 2.38. The largest absolute Gasteiger partial charge is 0.480 e. The first-order valence-electron chi connectivity index (χ1n) is 6.27. The van der Waals surface area contributed by atoms with Gasteiger partial charge in [0.2, 0.25) is 0 Å². The number of carboxylic acids is 1. The second kappa shape index (κ2) is 6.59. The molecule has 1 fully saturated rings. The lowest BCUT2D eigenvalue weighted by Crippen LogP contribution is -2.47. The minimum absolute atomic E-state index is 0.285. The summed E-state index contributed by atoms with van der Waals surface area (Å²) in [6, 6.07) is -0.931. The molecule has 0 spiro atoms. The number of nitrogens with zero attached hydrogens (tertiary/aromatic N) is 1. The first-order chi connectivity index (χ1) is 8.11. The molecule has 1 saturated heterocycles. The van der Waals surface area contributed by atoms with Crippen molar-refractivity contribution in [1.29, 1.82) is 0 Å². The summed E-state index contributed by atoms with van der Waals surface area (Å²) in [6.07, 6.45) is 2.93. The summed E-state index contributed by atoms with van der Waals surface area (Å²) in [7, 11) is 0. The van der Waals surface area contributed by atoms with E-state index in [0.717, 1.165) is 12.8 Å². The smallest absolute Gasteiger partial charge is 0.323 e. The van der Waals surface area contributed by atoms with E-state index in [9.17, 15) is 14.7 Å². The fourth-order valence-electron chi connectivity index (χ4n) is 2.36. The SMILES string of the molecule is CCCC(C(=O)O)N1CCCC1C(=O)OCC. The summed E-state index contributed by atoms with van der Waals surface area (Å²) in [5.74, 6) is -1.13. The second-order valence-corrected chi connectivity index (χ2v) is 4.29. The van der Waals surface area contributed by atoms with Crippen molar-refractivity contribution in [3.05, 3.63) is 0 Å². The Kier molecular flexibility index (Phi) is 5.41. The Bertz CT molecular complexity index is 280. The summed E-state index contributed by atoms with van der Waals surface area (Å²) in [5, 5.41) is 9.20. The third-order valence-electron chi connectivity index (χ3n) is 3.10. The summed E-state index contributed by atoms with van der Waals surface area (Å²) >= 11 is 0. The van der Waals surface area contributed by atoms with Gasteiger partial charge in [0, 0.05) is 0 Å². The number of carbonyl (C=O) groups is 2. The van der Waals surface area contributed by atoms with Gasteiger partial charge in [-0.05, 0) is 32.7 Å². The van der Waals surface area contributed by atoms with Gasteiger partial charge in [0.25, 0.3) is 0 Å². The molecule has 0 aromatic heterocycles. The van der Waals surface area contributed by atoms with Crippen LogP contribution in [0.1, 0.15) is 39.5 Å². The van der Waals surface area contributed by atoms with Gasteiger partial charge in [-0.25, -0.2) is 0 Å². The number of carbonyl (C=O) groups excluding carboxylic acids is 1. The van der Waals surface area contributed by atoms with Crippen molar-refractivity contribution in [2.45, 2.75) is 51.6 Å². The maximum Gasteiger partial charge on any atom is 0.323 e. The van der Waals surface area contributed by atoms with Gasteiger partial charge >= 0.3 is 11.9 Å². The highest BCUT2D eigenvalue weighted by molar-refractivity contribution is 5.79. The van der Waals surface area contributed by atoms with E-state index in [1.165, 1.54) is 0 Å². The lowest BCUT2D eigenvalue weighted by molar-refractivity contribution is -0.152. The number of rotatable bonds is 6. The van der Waals surface area contributed by atoms with Gasteiger partial charge in [0.05, 0.1) is 6.61 Å². The number of hydrogen-bond donors (Lipinski definition) is 1. The average Bonchev–Trinajstić information content (AvgIpc) is 2.74. The lowest BCUT2D eigenvalue weighted by Gasteiger charge is -2.28. The van der Waals surface area contributed by atoms with Crippen LogP contribution in [0.25, 0.3) is 0 Å². The molecule has 0 radical (unpaired) electrons. The molecule has 1 N–H and O–H groups in total. The van der Waals surface area contributed by atoms with E-state index in [4.69, 9.17) is 4.74 Å². The molecule has 5 nitrogen and oxygen atoms in total. The van der Waals surface area contributed by atoms with Gasteiger partial charge in [-0.3, -0.25) is 14.5 Å². The Morgan fingerprint density at radius 1 is 1.47 bits per heavy atom. The fraction of sp³-hybridized carbons (Fsp3) is 0.833. The Morgan fingerprint density at radius 3 is 2.71 bits per heavy atom. The zero-order chi connectivity index (χ0) is 12.8. The van der Waals surface area contributed by atoms with Crippen molar-refractivity contribution >= 4 is 11.9 Å². The minimum atomic E-state index is -0.844. The third kappa shape index (κ3) is 3.43. The van der Waals surface area contributed by atoms with Crippen LogP contribution in [0.4, 0.5) is 0 Å². The van der Waals surface area contributed by atoms with E-state index in [1.54, 1.807) is 11.8 Å². The molecule has 0 saturated carbocycles. The Hall–Kier alpha value is -1.10. The zero-order valence-corrected chi connectivity index (χ0v) is 10.5. The molecule has 0 aromatic carbocycles. The van der Waals surface area contributed by atoms with Crippen LogP contribution in [-0.4, -0.2) is 47.2 Å². The van der Waals surface area contributed by atoms with Gasteiger partial charge in [0.1, 0.15) is 12.1 Å². The Morgan fingerprint density at radius 2 is 2.18 bits per heavy atom. The first kappa shape index (κ1) is 14.0. The molecule has 0 bridgehead atoms. The topological polar surface area (TPSA) is 66.8 Å². The standard InChI is InChI=1S/C12H21NO4/c1-3-6-9(11(14)15)13-8-5-7-10(13)12(16)17-4-2/h9-10H,3-8H2,1-2H3,(H,14,15). The molecule has 0 amide bonds. The number of likely N-dealkylation sites (tertiary alicyclic amines) is 1. The third-order valence-corrected chi connectivity index (χ3v) is 3.10. The normalized spacial score (nSPS) is 22.4. The maximum atomic E-state index is 11.7. The molecular formula is C12H21NO4. The zero-order valence-electron chi connectivity index (χ0n) is 10.5. The molecule has 98 valence electrons. The van der Waals surface area contributed by atoms with Crippen LogP contribution in [0.15, 0.2) is 0 Å². The van der Waals surface area contributed by atoms with E-state index < -0.39 is 12.0 Å². The van der Waals surface area contributed by atoms with Gasteiger partial charge < -0.3 is 9.84 Å². The molecule has 0 aromatic rings. The molecule has 17 heavy (non-hydrogen) atoms. The van der Waals surface area contributed by atoms with Crippen molar-refractivity contribution in [2.24, 2.45) is 0 Å². The Balaban J connectivity index is 2.72. The van der Waals surface area contributed by atoms with Crippen molar-refractivity contribution in [3.8, 4) is 0 Å². The van der Waals surface area contributed by atoms with Crippen LogP contribution in [0, 0.1) is 0 Å². The van der Waals surface area contributed by atoms with Gasteiger partial charge in [-0.1, -0.05) is 13.3 Å². The fourth-order valence-corrected chi connectivity index (χ4v) is 2.36. The van der Waals surface area contributed by atoms with Crippen LogP contribution < -0.4 is 0 Å². The monoisotopic (exact) mass is 243 g/mol. The predicted octanol–water partition coefficient (Wildman–Crippen LogP) is 1.27. The number of aliphatic carboxylic acids is 1. The lowest BCUT2D eigenvalue weighted by atomic mass is 10.1. The molecular weight excluding hydrogens is 222 g/mol. The molecule has 2 unspecified atom stereocenters. The molecule has 1 heterocycles. The number of esters is 1. The molecule has 5 heteroatoms. The quantitative estimate of drug-likeness (QED) is 0.711. The van der Waals surface area contributed by atoms with Crippen LogP contribution in [-0.2, 0) is 14.3 Å². The van der Waals surface area contributed by atoms with E-state index in [1.807, 2.05) is 6.92 Å². The summed E-state index contributed by atoms with van der Waals surface area (Å²) in [6.45, 7) is 4.72. The Labute approximate surface area is 102 Å². The number of hydrogen-bond acceptors (Lipinski definition) is 4. The van der Waals surface area contributed by atoms with Crippen LogP contribution >= 0.6 is 0 Å². The molecule has 0 aliphatic carbocycles. The van der Waals surface area contributed by atoms with Crippen molar-refractivity contribution in [2.75, 3.05) is 13.2 Å². The van der Waals surface area contributed by atoms with Crippen LogP contribution in [0.5, 0.6) is 0 Å². The van der Waals surface area contributed by atoms with Gasteiger partial charge in [-0.2, -0.15) is 0 Å². The highest BCUT2D eigenvalue weighted by Crippen LogP contribution is 2.23. The van der Waals surface area contributed by atoms with Crippen molar-refractivity contribution in [1.82, 2.24) is 4.90 Å². The molecule has 2 atom stereocenters. The van der Waals surface area contributed by atoms with E-state index >= 15 is 0 Å². The van der Waals surface area contributed by atoms with Crippen molar-refractivity contribution < 1.29 is 19.4 Å². The second-order valence-electron chi connectivity index (χ2n) is 4.29. The molecule has 1 aliphatic heterocycles. The summed E-state index contributed by atoms with van der Waals surface area (Å²) in [5.41, 5.74) is 0. The van der Waals surface area contributed by atoms with E-state index in [0.29, 0.717) is 26.0 Å². The summed E-state index contributed by atoms with van der Waals surface area (Å²) in [4.78, 5) is 24.7. The van der Waals surface area contributed by atoms with Crippen LogP contribution in [0.3, 0.4) is 0 Å².